The van der Waals surface area contributed by atoms with Crippen LogP contribution in [0.5, 0.6) is 0 Å². The van der Waals surface area contributed by atoms with Crippen LogP contribution in [0.25, 0.3) is 0 Å². The predicted octanol–water partition coefficient (Wildman–Crippen LogP) is 2.48. The normalized spacial score (nSPS) is 23.4. The number of ketones is 2. The van der Waals surface area contributed by atoms with Gasteiger partial charge in [-0.05, 0) is 18.1 Å². The van der Waals surface area contributed by atoms with E-state index in [4.69, 9.17) is 0 Å². The van der Waals surface area contributed by atoms with Gasteiger partial charge in [-0.15, -0.1) is 0 Å². The quantitative estimate of drug-likeness (QED) is 0.457. The topological polar surface area (TPSA) is 86.7 Å². The van der Waals surface area contributed by atoms with Gasteiger partial charge in [-0.25, -0.2) is 0 Å². The lowest BCUT2D eigenvalue weighted by Gasteiger charge is -2.40. The highest BCUT2D eigenvalue weighted by atomic mass is 19.4. The first-order valence-electron chi connectivity index (χ1n) is 8.49. The van der Waals surface area contributed by atoms with Crippen LogP contribution < -0.4 is 5.43 Å². The zero-order valence-electron chi connectivity index (χ0n) is 14.8. The molecular weight excluding hydrogens is 377 g/mol. The summed E-state index contributed by atoms with van der Waals surface area (Å²) in [6.45, 7) is 0. The SMILES string of the molecule is CN1NC(C(O)=C2C(=O)CCCC2=O)=CC(c2ccccc2)(C(F)(F)F)C1=O. The van der Waals surface area contributed by atoms with E-state index in [0.29, 0.717) is 17.5 Å². The zero-order chi connectivity index (χ0) is 20.7. The summed E-state index contributed by atoms with van der Waals surface area (Å²) in [4.78, 5) is 36.8. The Morgan fingerprint density at radius 3 is 2.21 bits per heavy atom. The third-order valence-corrected chi connectivity index (χ3v) is 4.82. The number of likely N-dealkylation sites (N-methyl/N-ethyl adjacent to an activating group) is 1. The van der Waals surface area contributed by atoms with Crippen molar-refractivity contribution in [3.8, 4) is 0 Å². The van der Waals surface area contributed by atoms with E-state index < -0.39 is 46.1 Å². The van der Waals surface area contributed by atoms with Crippen LogP contribution in [0.1, 0.15) is 24.8 Å². The smallest absolute Gasteiger partial charge is 0.410 e. The number of amides is 1. The Morgan fingerprint density at radius 1 is 1.11 bits per heavy atom. The van der Waals surface area contributed by atoms with Gasteiger partial charge in [0.05, 0.1) is 5.70 Å². The first-order valence-corrected chi connectivity index (χ1v) is 8.49. The maximum Gasteiger partial charge on any atom is 0.410 e. The van der Waals surface area contributed by atoms with Crippen molar-refractivity contribution in [2.75, 3.05) is 7.05 Å². The summed E-state index contributed by atoms with van der Waals surface area (Å²) in [5.41, 5.74) is -2.17. The fraction of sp³-hybridized carbons (Fsp3) is 0.316. The van der Waals surface area contributed by atoms with Crippen LogP contribution in [0.3, 0.4) is 0 Å². The number of aliphatic hydroxyl groups excluding tert-OH is 1. The number of hydrogen-bond donors (Lipinski definition) is 2. The van der Waals surface area contributed by atoms with Gasteiger partial charge in [0.15, 0.2) is 22.7 Å². The second kappa shape index (κ2) is 6.81. The van der Waals surface area contributed by atoms with Crippen molar-refractivity contribution < 1.29 is 32.7 Å². The van der Waals surface area contributed by atoms with Crippen LogP contribution >= 0.6 is 0 Å². The Balaban J connectivity index is 2.27. The van der Waals surface area contributed by atoms with Gasteiger partial charge < -0.3 is 5.11 Å². The van der Waals surface area contributed by atoms with E-state index >= 15 is 0 Å². The van der Waals surface area contributed by atoms with Crippen molar-refractivity contribution in [1.82, 2.24) is 10.4 Å². The molecule has 2 aliphatic rings. The van der Waals surface area contributed by atoms with Crippen LogP contribution in [0.2, 0.25) is 0 Å². The summed E-state index contributed by atoms with van der Waals surface area (Å²) in [7, 11) is 1.07. The molecule has 0 saturated heterocycles. The largest absolute Gasteiger partial charge is 0.505 e. The lowest BCUT2D eigenvalue weighted by Crippen LogP contribution is -2.60. The molecule has 0 bridgehead atoms. The van der Waals surface area contributed by atoms with E-state index in [2.05, 4.69) is 5.43 Å². The number of nitrogens with one attached hydrogen (secondary N) is 1. The predicted molar refractivity (Wildman–Crippen MR) is 91.7 cm³/mol. The van der Waals surface area contributed by atoms with Gasteiger partial charge in [0, 0.05) is 19.9 Å². The average Bonchev–Trinajstić information content (AvgIpc) is 2.63. The molecule has 1 saturated carbocycles. The van der Waals surface area contributed by atoms with E-state index in [0.717, 1.165) is 19.2 Å². The second-order valence-electron chi connectivity index (χ2n) is 6.63. The lowest BCUT2D eigenvalue weighted by molar-refractivity contribution is -0.193. The van der Waals surface area contributed by atoms with Crippen LogP contribution in [-0.4, -0.2) is 40.8 Å². The van der Waals surface area contributed by atoms with Crippen molar-refractivity contribution in [3.05, 3.63) is 59.0 Å². The molecule has 0 aromatic heterocycles. The highest BCUT2D eigenvalue weighted by Crippen LogP contribution is 2.46. The Bertz CT molecular complexity index is 888. The van der Waals surface area contributed by atoms with Gasteiger partial charge in [-0.1, -0.05) is 30.3 Å². The monoisotopic (exact) mass is 394 g/mol. The molecule has 0 radical (unpaired) electrons. The summed E-state index contributed by atoms with van der Waals surface area (Å²) >= 11 is 0. The van der Waals surface area contributed by atoms with Crippen molar-refractivity contribution in [3.63, 3.8) is 0 Å². The standard InChI is InChI=1S/C19H17F3N2O4/c1-24-17(28)18(19(20,21)22,11-6-3-2-4-7-11)10-12(23-24)16(27)15-13(25)8-5-9-14(15)26/h2-4,6-7,10,23,27H,5,8-9H2,1H3. The highest BCUT2D eigenvalue weighted by molar-refractivity contribution is 6.22. The van der Waals surface area contributed by atoms with Gasteiger partial charge in [0.1, 0.15) is 5.57 Å². The fourth-order valence-corrected chi connectivity index (χ4v) is 3.42. The number of carbonyl (C=O) groups excluding carboxylic acids is 3. The Kier molecular flexibility index (Phi) is 4.78. The van der Waals surface area contributed by atoms with Crippen LogP contribution in [0.4, 0.5) is 13.2 Å². The number of allylic oxidation sites excluding steroid dienone is 1. The van der Waals surface area contributed by atoms with E-state index in [1.54, 1.807) is 0 Å². The minimum atomic E-state index is -5.04. The van der Waals surface area contributed by atoms with Crippen LogP contribution in [0.15, 0.2) is 53.4 Å². The van der Waals surface area contributed by atoms with Gasteiger partial charge >= 0.3 is 6.18 Å². The van der Waals surface area contributed by atoms with Crippen molar-refractivity contribution >= 4 is 17.5 Å². The number of aliphatic hydroxyl groups is 1. The molecule has 6 nitrogen and oxygen atoms in total. The minimum absolute atomic E-state index is 0.0102. The average molecular weight is 394 g/mol. The number of rotatable bonds is 2. The van der Waals surface area contributed by atoms with E-state index in [9.17, 15) is 32.7 Å². The van der Waals surface area contributed by atoms with E-state index in [1.165, 1.54) is 18.2 Å². The number of hydrazine groups is 1. The van der Waals surface area contributed by atoms with Crippen LogP contribution in [-0.2, 0) is 19.8 Å². The molecule has 1 amide bonds. The molecule has 1 heterocycles. The van der Waals surface area contributed by atoms with Gasteiger partial charge in [0.25, 0.3) is 5.91 Å². The molecule has 1 aromatic carbocycles. The summed E-state index contributed by atoms with van der Waals surface area (Å²) in [6.07, 6.45) is -4.18. The lowest BCUT2D eigenvalue weighted by atomic mass is 9.76. The summed E-state index contributed by atoms with van der Waals surface area (Å²) in [5.74, 6) is -3.49. The molecule has 28 heavy (non-hydrogen) atoms. The number of benzene rings is 1. The molecule has 148 valence electrons. The Morgan fingerprint density at radius 2 is 1.68 bits per heavy atom. The van der Waals surface area contributed by atoms with Gasteiger partial charge in [-0.2, -0.15) is 13.2 Å². The number of hydrogen-bond acceptors (Lipinski definition) is 5. The highest BCUT2D eigenvalue weighted by Gasteiger charge is 2.63. The van der Waals surface area contributed by atoms with Crippen molar-refractivity contribution in [2.24, 2.45) is 0 Å². The molecule has 1 atom stereocenters. The maximum atomic E-state index is 14.2. The molecule has 0 spiro atoms. The first kappa shape index (κ1) is 19.7. The first-order chi connectivity index (χ1) is 13.1. The summed E-state index contributed by atoms with van der Waals surface area (Å²) in [6, 6.07) is 6.53. The van der Waals surface area contributed by atoms with Crippen molar-refractivity contribution in [2.45, 2.75) is 30.9 Å². The molecule has 9 heteroatoms. The van der Waals surface area contributed by atoms with Crippen molar-refractivity contribution in [1.29, 1.82) is 0 Å². The molecule has 1 fully saturated rings. The molecule has 1 aliphatic carbocycles. The number of alkyl halides is 3. The third kappa shape index (κ3) is 2.96. The third-order valence-electron chi connectivity index (χ3n) is 4.82. The number of Topliss-reactive ketones (excluding diaryl/α,β-unsaturated/α-hetero) is 2. The molecular formula is C19H17F3N2O4. The molecule has 1 aliphatic heterocycles. The van der Waals surface area contributed by atoms with Crippen LogP contribution in [0, 0.1) is 0 Å². The van der Waals surface area contributed by atoms with E-state index in [-0.39, 0.29) is 18.4 Å². The second-order valence-corrected chi connectivity index (χ2v) is 6.63. The Labute approximate surface area is 158 Å². The fourth-order valence-electron chi connectivity index (χ4n) is 3.42. The number of nitrogens with zero attached hydrogens (tertiary/aromatic N) is 1. The number of halogens is 3. The molecule has 1 unspecified atom stereocenters. The molecule has 3 rings (SSSR count). The van der Waals surface area contributed by atoms with Gasteiger partial charge in [0.2, 0.25) is 0 Å². The van der Waals surface area contributed by atoms with E-state index in [1.807, 2.05) is 0 Å². The molecule has 2 N–H and O–H groups in total. The summed E-state index contributed by atoms with van der Waals surface area (Å²) < 4.78 is 42.6. The Hall–Kier alpha value is -3.10. The van der Waals surface area contributed by atoms with Gasteiger partial charge in [-0.3, -0.25) is 24.8 Å². The maximum absolute atomic E-state index is 14.2. The number of carbonyl (C=O) groups is 3. The summed E-state index contributed by atoms with van der Waals surface area (Å²) in [5, 5.41) is 11.1. The minimum Gasteiger partial charge on any atom is -0.505 e. The zero-order valence-corrected chi connectivity index (χ0v) is 14.8. The molecule has 1 aromatic rings.